The first-order valence-electron chi connectivity index (χ1n) is 12.5. The van der Waals surface area contributed by atoms with Crippen LogP contribution in [-0.4, -0.2) is 24.3 Å². The normalized spacial score (nSPS) is 44.1. The predicted molar refractivity (Wildman–Crippen MR) is 123 cm³/mol. The first kappa shape index (κ1) is 22.0. The van der Waals surface area contributed by atoms with Crippen molar-refractivity contribution >= 4 is 18.0 Å². The molecule has 4 aliphatic rings. The molecule has 0 aromatic carbocycles. The highest BCUT2D eigenvalue weighted by Gasteiger charge is 2.59. The van der Waals surface area contributed by atoms with Crippen LogP contribution in [0.15, 0.2) is 0 Å². The van der Waals surface area contributed by atoms with Gasteiger partial charge in [0.05, 0.1) is 0 Å². The summed E-state index contributed by atoms with van der Waals surface area (Å²) >= 11 is 1.39. The number of hydrogen-bond donors (Lipinski definition) is 1. The summed E-state index contributed by atoms with van der Waals surface area (Å²) in [6, 6.07) is 0. The van der Waals surface area contributed by atoms with Crippen molar-refractivity contribution in [2.75, 3.05) is 14.1 Å². The maximum absolute atomic E-state index is 12.1. The number of nitrogens with zero attached hydrogens (tertiary/aromatic N) is 1. The quantitative estimate of drug-likeness (QED) is 0.501. The van der Waals surface area contributed by atoms with E-state index < -0.39 is 0 Å². The van der Waals surface area contributed by atoms with Crippen molar-refractivity contribution in [3.05, 3.63) is 0 Å². The average molecular weight is 421 g/mol. The minimum absolute atomic E-state index is 0.190. The number of rotatable bonds is 6. The van der Waals surface area contributed by atoms with E-state index >= 15 is 0 Å². The molecule has 4 saturated carbocycles. The first-order valence-corrected chi connectivity index (χ1v) is 13.2. The summed E-state index contributed by atoms with van der Waals surface area (Å²) in [4.78, 5) is 12.1. The van der Waals surface area contributed by atoms with Gasteiger partial charge in [-0.25, -0.2) is 4.31 Å². The molecule has 0 aromatic rings. The molecule has 4 rings (SSSR count). The maximum Gasteiger partial charge on any atom is 0.230 e. The minimum atomic E-state index is 0.190. The van der Waals surface area contributed by atoms with Gasteiger partial charge in [-0.1, -0.05) is 26.7 Å². The Hall–Kier alpha value is -0.220. The zero-order chi connectivity index (χ0) is 20.6. The zero-order valence-corrected chi connectivity index (χ0v) is 20.2. The van der Waals surface area contributed by atoms with Gasteiger partial charge >= 0.3 is 0 Å². The maximum atomic E-state index is 12.1. The SMILES string of the molecule is CN(C)SNC(=O)CCCC1CCC2C3CCC4CCCCC4(C)C3CCC12C. The van der Waals surface area contributed by atoms with Crippen LogP contribution in [0.2, 0.25) is 0 Å². The average Bonchev–Trinajstić information content (AvgIpc) is 3.02. The van der Waals surface area contributed by atoms with E-state index in [-0.39, 0.29) is 5.91 Å². The molecular formula is C25H44N2OS. The molecule has 0 spiro atoms. The van der Waals surface area contributed by atoms with Crippen molar-refractivity contribution in [2.45, 2.75) is 97.3 Å². The lowest BCUT2D eigenvalue weighted by atomic mass is 9.45. The highest BCUT2D eigenvalue weighted by atomic mass is 32.2. The fourth-order valence-corrected chi connectivity index (χ4v) is 8.97. The number of carbonyl (C=O) groups excluding carboxylic acids is 1. The van der Waals surface area contributed by atoms with Gasteiger partial charge in [-0.15, -0.1) is 0 Å². The van der Waals surface area contributed by atoms with Crippen LogP contribution in [-0.2, 0) is 4.79 Å². The molecule has 1 amide bonds. The van der Waals surface area contributed by atoms with Crippen LogP contribution in [0, 0.1) is 40.4 Å². The van der Waals surface area contributed by atoms with Crippen molar-refractivity contribution < 1.29 is 4.79 Å². The second-order valence-electron chi connectivity index (χ2n) is 11.5. The van der Waals surface area contributed by atoms with E-state index in [0.717, 1.165) is 36.0 Å². The van der Waals surface area contributed by atoms with E-state index in [9.17, 15) is 4.79 Å². The third kappa shape index (κ3) is 4.14. The third-order valence-corrected chi connectivity index (χ3v) is 10.8. The van der Waals surface area contributed by atoms with Gasteiger partial charge in [0, 0.05) is 18.6 Å². The van der Waals surface area contributed by atoms with Crippen LogP contribution in [0.4, 0.5) is 0 Å². The number of amides is 1. The molecule has 0 heterocycles. The highest BCUT2D eigenvalue weighted by molar-refractivity contribution is 7.95. The van der Waals surface area contributed by atoms with Gasteiger partial charge in [0.1, 0.15) is 0 Å². The number of fused-ring (bicyclic) bond motifs is 5. The molecule has 4 fully saturated rings. The van der Waals surface area contributed by atoms with Crippen molar-refractivity contribution in [3.63, 3.8) is 0 Å². The van der Waals surface area contributed by atoms with Gasteiger partial charge in [0.2, 0.25) is 5.91 Å². The Balaban J connectivity index is 1.35. The molecule has 0 aliphatic heterocycles. The number of hydrogen-bond acceptors (Lipinski definition) is 3. The van der Waals surface area contributed by atoms with E-state index in [0.29, 0.717) is 17.3 Å². The topological polar surface area (TPSA) is 32.3 Å². The van der Waals surface area contributed by atoms with E-state index in [1.807, 2.05) is 18.4 Å². The molecule has 0 aromatic heterocycles. The number of carbonyl (C=O) groups is 1. The summed E-state index contributed by atoms with van der Waals surface area (Å²) in [5.41, 5.74) is 1.21. The zero-order valence-electron chi connectivity index (χ0n) is 19.3. The molecular weight excluding hydrogens is 376 g/mol. The standard InChI is InChI=1S/C25H44N2OS/c1-24-16-6-5-8-18(24)11-13-20-21-14-12-19(25(21,2)17-15-22(20)24)9-7-10-23(28)26-29-27(3)4/h18-22H,5-17H2,1-4H3,(H,26,28). The smallest absolute Gasteiger partial charge is 0.230 e. The van der Waals surface area contributed by atoms with Crippen LogP contribution < -0.4 is 4.72 Å². The van der Waals surface area contributed by atoms with E-state index in [1.54, 1.807) is 0 Å². The summed E-state index contributed by atoms with van der Waals surface area (Å²) in [7, 11) is 3.92. The molecule has 0 radical (unpaired) electrons. The van der Waals surface area contributed by atoms with Crippen LogP contribution in [0.25, 0.3) is 0 Å². The molecule has 4 heteroatoms. The summed E-state index contributed by atoms with van der Waals surface area (Å²) in [5, 5.41) is 0. The van der Waals surface area contributed by atoms with Crippen molar-refractivity contribution in [3.8, 4) is 0 Å². The summed E-state index contributed by atoms with van der Waals surface area (Å²) in [6.07, 6.45) is 17.8. The molecule has 7 unspecified atom stereocenters. The van der Waals surface area contributed by atoms with Gasteiger partial charge in [-0.05, 0) is 119 Å². The van der Waals surface area contributed by atoms with E-state index in [4.69, 9.17) is 0 Å². The van der Waals surface area contributed by atoms with Crippen LogP contribution in [0.5, 0.6) is 0 Å². The molecule has 166 valence electrons. The van der Waals surface area contributed by atoms with Crippen molar-refractivity contribution in [1.82, 2.24) is 9.03 Å². The Morgan fingerprint density at radius 2 is 1.76 bits per heavy atom. The lowest BCUT2D eigenvalue weighted by Gasteiger charge is -2.60. The van der Waals surface area contributed by atoms with Crippen LogP contribution in [0.3, 0.4) is 0 Å². The first-order chi connectivity index (χ1) is 13.8. The molecule has 1 N–H and O–H groups in total. The fraction of sp³-hybridized carbons (Fsp3) is 0.960. The largest absolute Gasteiger partial charge is 0.287 e. The van der Waals surface area contributed by atoms with Gasteiger partial charge in [0.25, 0.3) is 0 Å². The Morgan fingerprint density at radius 1 is 0.966 bits per heavy atom. The lowest BCUT2D eigenvalue weighted by Crippen LogP contribution is -2.52. The molecule has 0 saturated heterocycles. The molecule has 3 nitrogen and oxygen atoms in total. The van der Waals surface area contributed by atoms with Crippen molar-refractivity contribution in [1.29, 1.82) is 0 Å². The van der Waals surface area contributed by atoms with Crippen LogP contribution in [0.1, 0.15) is 97.3 Å². The molecule has 29 heavy (non-hydrogen) atoms. The Kier molecular flexibility index (Phi) is 6.62. The Labute approximate surface area is 183 Å². The van der Waals surface area contributed by atoms with Gasteiger partial charge in [0.15, 0.2) is 0 Å². The summed E-state index contributed by atoms with van der Waals surface area (Å²) in [5.74, 6) is 5.03. The third-order valence-electron chi connectivity index (χ3n) is 10.1. The van der Waals surface area contributed by atoms with Crippen molar-refractivity contribution in [2.24, 2.45) is 40.4 Å². The fourth-order valence-electron chi connectivity index (χ4n) is 8.58. The second-order valence-corrected chi connectivity index (χ2v) is 12.7. The second kappa shape index (κ2) is 8.73. The van der Waals surface area contributed by atoms with E-state index in [2.05, 4.69) is 18.6 Å². The monoisotopic (exact) mass is 420 g/mol. The van der Waals surface area contributed by atoms with E-state index in [1.165, 1.54) is 82.8 Å². The summed E-state index contributed by atoms with van der Waals surface area (Å²) < 4.78 is 4.88. The predicted octanol–water partition coefficient (Wildman–Crippen LogP) is 6.45. The Bertz CT molecular complexity index is 595. The minimum Gasteiger partial charge on any atom is -0.287 e. The Morgan fingerprint density at radius 3 is 2.55 bits per heavy atom. The van der Waals surface area contributed by atoms with Gasteiger partial charge in [-0.3, -0.25) is 9.52 Å². The van der Waals surface area contributed by atoms with Gasteiger partial charge < -0.3 is 0 Å². The summed E-state index contributed by atoms with van der Waals surface area (Å²) in [6.45, 7) is 5.33. The van der Waals surface area contributed by atoms with Crippen LogP contribution >= 0.6 is 12.1 Å². The molecule has 0 bridgehead atoms. The van der Waals surface area contributed by atoms with Gasteiger partial charge in [-0.2, -0.15) is 0 Å². The lowest BCUT2D eigenvalue weighted by molar-refractivity contribution is -0.119. The number of nitrogens with one attached hydrogen (secondary N) is 1. The molecule has 7 atom stereocenters. The highest BCUT2D eigenvalue weighted by Crippen LogP contribution is 2.67. The molecule has 4 aliphatic carbocycles.